The van der Waals surface area contributed by atoms with Crippen LogP contribution >= 0.6 is 15.9 Å². The lowest BCUT2D eigenvalue weighted by Gasteiger charge is -2.30. The molecule has 0 aliphatic carbocycles. The van der Waals surface area contributed by atoms with Gasteiger partial charge in [-0.3, -0.25) is 0 Å². The minimum absolute atomic E-state index is 0.274. The van der Waals surface area contributed by atoms with Crippen LogP contribution in [0.5, 0.6) is 0 Å². The van der Waals surface area contributed by atoms with E-state index in [0.29, 0.717) is 0 Å². The third kappa shape index (κ3) is 3.68. The first-order valence-electron chi connectivity index (χ1n) is 6.73. The van der Waals surface area contributed by atoms with E-state index in [9.17, 15) is 0 Å². The smallest absolute Gasteiger partial charge is 0.0450 e. The first-order chi connectivity index (χ1) is 9.14. The minimum Gasteiger partial charge on any atom is -0.321 e. The zero-order chi connectivity index (χ0) is 13.7. The zero-order valence-electron chi connectivity index (χ0n) is 11.3. The summed E-state index contributed by atoms with van der Waals surface area (Å²) in [5.41, 5.74) is 8.92. The Bertz CT molecular complexity index is 507. The Kier molecular flexibility index (Phi) is 4.78. The summed E-state index contributed by atoms with van der Waals surface area (Å²) in [6, 6.07) is 18.9. The van der Waals surface area contributed by atoms with Gasteiger partial charge in [0, 0.05) is 10.0 Å². The Balaban J connectivity index is 2.27. The summed E-state index contributed by atoms with van der Waals surface area (Å²) in [4.78, 5) is 0. The second kappa shape index (κ2) is 6.36. The van der Waals surface area contributed by atoms with E-state index in [1.807, 2.05) is 6.07 Å². The monoisotopic (exact) mass is 317 g/mol. The topological polar surface area (TPSA) is 26.0 Å². The van der Waals surface area contributed by atoms with Crippen LogP contribution in [0.25, 0.3) is 0 Å². The average molecular weight is 318 g/mol. The van der Waals surface area contributed by atoms with Gasteiger partial charge in [-0.2, -0.15) is 0 Å². The molecule has 0 heterocycles. The molecule has 0 aromatic heterocycles. The second-order valence-electron chi connectivity index (χ2n) is 5.08. The predicted octanol–water partition coefficient (Wildman–Crippen LogP) is 4.65. The highest BCUT2D eigenvalue weighted by molar-refractivity contribution is 9.10. The van der Waals surface area contributed by atoms with Crippen LogP contribution in [0, 0.1) is 0 Å². The second-order valence-corrected chi connectivity index (χ2v) is 5.99. The van der Waals surface area contributed by atoms with E-state index in [-0.39, 0.29) is 5.54 Å². The summed E-state index contributed by atoms with van der Waals surface area (Å²) < 4.78 is 1.11. The molecule has 2 heteroatoms. The molecule has 100 valence electrons. The first-order valence-corrected chi connectivity index (χ1v) is 7.52. The van der Waals surface area contributed by atoms with Gasteiger partial charge in [0.1, 0.15) is 0 Å². The molecule has 2 aromatic carbocycles. The van der Waals surface area contributed by atoms with Gasteiger partial charge in [-0.05, 0) is 36.1 Å². The number of hydrogen-bond acceptors (Lipinski definition) is 1. The van der Waals surface area contributed by atoms with Crippen molar-refractivity contribution in [1.29, 1.82) is 0 Å². The molecule has 0 fully saturated rings. The Morgan fingerprint density at radius 2 is 1.63 bits per heavy atom. The molecule has 0 aliphatic heterocycles. The largest absolute Gasteiger partial charge is 0.321 e. The van der Waals surface area contributed by atoms with E-state index in [2.05, 4.69) is 71.4 Å². The van der Waals surface area contributed by atoms with Crippen molar-refractivity contribution >= 4 is 15.9 Å². The lowest BCUT2D eigenvalue weighted by atomic mass is 9.81. The number of benzene rings is 2. The van der Waals surface area contributed by atoms with Crippen LogP contribution in [0.15, 0.2) is 59.1 Å². The molecule has 0 spiro atoms. The van der Waals surface area contributed by atoms with E-state index in [1.54, 1.807) is 0 Å². The normalized spacial score (nSPS) is 14.1. The van der Waals surface area contributed by atoms with Crippen molar-refractivity contribution in [3.8, 4) is 0 Å². The van der Waals surface area contributed by atoms with Gasteiger partial charge in [0.25, 0.3) is 0 Å². The quantitative estimate of drug-likeness (QED) is 0.853. The van der Waals surface area contributed by atoms with Crippen molar-refractivity contribution in [1.82, 2.24) is 0 Å². The maximum absolute atomic E-state index is 6.69. The molecule has 0 saturated heterocycles. The van der Waals surface area contributed by atoms with Crippen molar-refractivity contribution in [2.75, 3.05) is 0 Å². The average Bonchev–Trinajstić information content (AvgIpc) is 2.43. The van der Waals surface area contributed by atoms with Crippen LogP contribution in [0.1, 0.15) is 30.9 Å². The summed E-state index contributed by atoms with van der Waals surface area (Å²) in [5.74, 6) is 0. The Morgan fingerprint density at radius 1 is 1.00 bits per heavy atom. The van der Waals surface area contributed by atoms with Crippen LogP contribution in [0.4, 0.5) is 0 Å². The van der Waals surface area contributed by atoms with Gasteiger partial charge in [-0.15, -0.1) is 0 Å². The molecule has 0 saturated carbocycles. The van der Waals surface area contributed by atoms with Crippen LogP contribution in [-0.4, -0.2) is 0 Å². The molecule has 1 atom stereocenters. The molecule has 19 heavy (non-hydrogen) atoms. The van der Waals surface area contributed by atoms with Gasteiger partial charge in [-0.25, -0.2) is 0 Å². The zero-order valence-corrected chi connectivity index (χ0v) is 12.9. The molecule has 0 radical (unpaired) electrons. The number of nitrogens with two attached hydrogens (primary N) is 1. The molecule has 2 N–H and O–H groups in total. The van der Waals surface area contributed by atoms with E-state index in [4.69, 9.17) is 5.73 Å². The van der Waals surface area contributed by atoms with Crippen molar-refractivity contribution in [2.45, 2.75) is 31.7 Å². The lowest BCUT2D eigenvalue weighted by molar-refractivity contribution is 0.401. The highest BCUT2D eigenvalue weighted by atomic mass is 79.9. The Labute approximate surface area is 124 Å². The summed E-state index contributed by atoms with van der Waals surface area (Å²) >= 11 is 3.47. The van der Waals surface area contributed by atoms with E-state index in [0.717, 1.165) is 23.7 Å². The molecule has 0 amide bonds. The summed E-state index contributed by atoms with van der Waals surface area (Å²) in [7, 11) is 0. The summed E-state index contributed by atoms with van der Waals surface area (Å²) in [6.07, 6.45) is 2.95. The Morgan fingerprint density at radius 3 is 2.21 bits per heavy atom. The van der Waals surface area contributed by atoms with Crippen molar-refractivity contribution in [3.63, 3.8) is 0 Å². The molecule has 2 aromatic rings. The summed E-state index contributed by atoms with van der Waals surface area (Å²) in [6.45, 7) is 2.19. The fourth-order valence-corrected chi connectivity index (χ4v) is 2.78. The van der Waals surface area contributed by atoms with Gasteiger partial charge in [-0.1, -0.05) is 71.7 Å². The van der Waals surface area contributed by atoms with Gasteiger partial charge >= 0.3 is 0 Å². The number of rotatable bonds is 5. The van der Waals surface area contributed by atoms with Crippen LogP contribution < -0.4 is 5.73 Å². The SMILES string of the molecule is CCCC(N)(Cc1ccc(Br)cc1)c1ccccc1. The first kappa shape index (κ1) is 14.3. The molecule has 2 rings (SSSR count). The maximum atomic E-state index is 6.69. The minimum atomic E-state index is -0.274. The molecule has 0 bridgehead atoms. The van der Waals surface area contributed by atoms with Gasteiger partial charge < -0.3 is 5.73 Å². The van der Waals surface area contributed by atoms with Gasteiger partial charge in [0.05, 0.1) is 0 Å². The molecule has 1 nitrogen and oxygen atoms in total. The summed E-state index contributed by atoms with van der Waals surface area (Å²) in [5, 5.41) is 0. The van der Waals surface area contributed by atoms with Crippen LogP contribution in [0.2, 0.25) is 0 Å². The fraction of sp³-hybridized carbons (Fsp3) is 0.294. The van der Waals surface area contributed by atoms with E-state index in [1.165, 1.54) is 11.1 Å². The molecule has 0 aliphatic rings. The Hall–Kier alpha value is -1.12. The third-order valence-electron chi connectivity index (χ3n) is 3.48. The van der Waals surface area contributed by atoms with E-state index >= 15 is 0 Å². The van der Waals surface area contributed by atoms with Crippen molar-refractivity contribution in [3.05, 3.63) is 70.2 Å². The van der Waals surface area contributed by atoms with Gasteiger partial charge in [0.15, 0.2) is 0 Å². The van der Waals surface area contributed by atoms with Crippen LogP contribution in [-0.2, 0) is 12.0 Å². The number of halogens is 1. The highest BCUT2D eigenvalue weighted by Gasteiger charge is 2.26. The maximum Gasteiger partial charge on any atom is 0.0450 e. The highest BCUT2D eigenvalue weighted by Crippen LogP contribution is 2.28. The fourth-order valence-electron chi connectivity index (χ4n) is 2.52. The molecular formula is C17H20BrN. The third-order valence-corrected chi connectivity index (χ3v) is 4.01. The van der Waals surface area contributed by atoms with Crippen molar-refractivity contribution < 1.29 is 0 Å². The molecule has 1 unspecified atom stereocenters. The predicted molar refractivity (Wildman–Crippen MR) is 85.1 cm³/mol. The molecular weight excluding hydrogens is 298 g/mol. The standard InChI is InChI=1S/C17H20BrN/c1-2-12-17(19,15-6-4-3-5-7-15)13-14-8-10-16(18)11-9-14/h3-11H,2,12-13,19H2,1H3. The lowest BCUT2D eigenvalue weighted by Crippen LogP contribution is -2.38. The van der Waals surface area contributed by atoms with Crippen molar-refractivity contribution in [2.24, 2.45) is 5.73 Å². The van der Waals surface area contributed by atoms with E-state index < -0.39 is 0 Å². The number of hydrogen-bond donors (Lipinski definition) is 1. The van der Waals surface area contributed by atoms with Crippen LogP contribution in [0.3, 0.4) is 0 Å². The van der Waals surface area contributed by atoms with Gasteiger partial charge in [0.2, 0.25) is 0 Å².